The molecule has 0 unspecified atom stereocenters. The van der Waals surface area contributed by atoms with Gasteiger partial charge in [-0.05, 0) is 151 Å². The van der Waals surface area contributed by atoms with Crippen molar-refractivity contribution in [1.29, 1.82) is 0 Å². The molecule has 8 aromatic carbocycles. The van der Waals surface area contributed by atoms with E-state index in [-0.39, 0.29) is 17.6 Å². The van der Waals surface area contributed by atoms with E-state index >= 15 is 0 Å². The highest BCUT2D eigenvalue weighted by molar-refractivity contribution is 6.09. The van der Waals surface area contributed by atoms with Crippen LogP contribution < -0.4 is 23.7 Å². The average Bonchev–Trinajstić information content (AvgIpc) is 3.28. The van der Waals surface area contributed by atoms with Crippen molar-refractivity contribution in [2.75, 3.05) is 7.11 Å². The van der Waals surface area contributed by atoms with Crippen LogP contribution in [0.25, 0.3) is 0 Å². The van der Waals surface area contributed by atoms with Crippen LogP contribution in [-0.2, 0) is 0 Å². The van der Waals surface area contributed by atoms with Gasteiger partial charge in [-0.2, -0.15) is 0 Å². The highest BCUT2D eigenvalue weighted by atomic mass is 16.5. The summed E-state index contributed by atoms with van der Waals surface area (Å²) in [5, 5.41) is 0. The van der Waals surface area contributed by atoms with Crippen LogP contribution in [0.15, 0.2) is 182 Å². The zero-order chi connectivity index (χ0) is 39.9. The smallest absolute Gasteiger partial charge is 0.193 e. The largest absolute Gasteiger partial charge is 0.496 e. The van der Waals surface area contributed by atoms with Crippen LogP contribution in [0.5, 0.6) is 51.7 Å². The van der Waals surface area contributed by atoms with Crippen molar-refractivity contribution in [2.24, 2.45) is 0 Å². The molecule has 0 fully saturated rings. The highest BCUT2D eigenvalue weighted by Gasteiger charge is 2.44. The zero-order valence-corrected chi connectivity index (χ0v) is 32.4. The molecule has 11 rings (SSSR count). The van der Waals surface area contributed by atoms with Crippen LogP contribution in [0.2, 0.25) is 0 Å². The molecule has 3 aliphatic carbocycles. The van der Waals surface area contributed by atoms with Gasteiger partial charge in [-0.25, -0.2) is 0 Å². The van der Waals surface area contributed by atoms with Crippen molar-refractivity contribution >= 4 is 5.78 Å². The SMILES string of the molecule is COc1ccc(Oc2ccc(C(=O)c3ccc(Oc4ccc(Oc5ccc(Oc6ccc(C)cc6)cc5)cc4)cc3)cc2)c2c1C1c3ccccc3C2c2ccccc21. The number of ether oxygens (including phenoxy) is 5. The number of carbonyl (C=O) groups is 1. The van der Waals surface area contributed by atoms with Gasteiger partial charge in [-0.15, -0.1) is 0 Å². The summed E-state index contributed by atoms with van der Waals surface area (Å²) in [6.07, 6.45) is 0. The highest BCUT2D eigenvalue weighted by Crippen LogP contribution is 2.60. The van der Waals surface area contributed by atoms with Gasteiger partial charge >= 0.3 is 0 Å². The minimum atomic E-state index is -0.0910. The normalized spacial score (nSPS) is 14.3. The fourth-order valence-corrected chi connectivity index (χ4v) is 8.30. The zero-order valence-electron chi connectivity index (χ0n) is 32.4. The molecule has 6 nitrogen and oxygen atoms in total. The Balaban J connectivity index is 0.790. The molecule has 8 aromatic rings. The maximum atomic E-state index is 13.6. The molecule has 0 saturated carbocycles. The molecule has 6 heteroatoms. The van der Waals surface area contributed by atoms with Crippen LogP contribution >= 0.6 is 0 Å². The molecule has 0 saturated heterocycles. The Labute approximate surface area is 342 Å². The maximum absolute atomic E-state index is 13.6. The molecular formula is C53H38O6. The molecule has 3 aliphatic rings. The second-order valence-electron chi connectivity index (χ2n) is 14.8. The third-order valence-corrected chi connectivity index (χ3v) is 11.1. The monoisotopic (exact) mass is 770 g/mol. The summed E-state index contributed by atoms with van der Waals surface area (Å²) in [6.45, 7) is 2.05. The molecule has 286 valence electrons. The lowest BCUT2D eigenvalue weighted by molar-refractivity contribution is 0.103. The molecule has 0 aromatic heterocycles. The van der Waals surface area contributed by atoms with Crippen molar-refractivity contribution in [2.45, 2.75) is 18.8 Å². The lowest BCUT2D eigenvalue weighted by Gasteiger charge is -2.43. The third-order valence-electron chi connectivity index (χ3n) is 11.1. The number of benzene rings is 8. The van der Waals surface area contributed by atoms with E-state index in [0.717, 1.165) is 34.1 Å². The summed E-state index contributed by atoms with van der Waals surface area (Å²) in [7, 11) is 1.73. The van der Waals surface area contributed by atoms with E-state index in [1.807, 2.05) is 116 Å². The molecular weight excluding hydrogens is 733 g/mol. The van der Waals surface area contributed by atoms with E-state index in [2.05, 4.69) is 48.5 Å². The third kappa shape index (κ3) is 6.85. The van der Waals surface area contributed by atoms with Crippen molar-refractivity contribution in [3.8, 4) is 51.7 Å². The maximum Gasteiger partial charge on any atom is 0.193 e. The predicted octanol–water partition coefficient (Wildman–Crippen LogP) is 13.4. The van der Waals surface area contributed by atoms with Crippen LogP contribution in [0, 0.1) is 6.92 Å². The molecule has 0 spiro atoms. The number of aryl methyl sites for hydroxylation is 1. The first-order chi connectivity index (χ1) is 29.0. The van der Waals surface area contributed by atoms with Crippen molar-refractivity contribution in [1.82, 2.24) is 0 Å². The summed E-state index contributed by atoms with van der Waals surface area (Å²) in [6, 6.07) is 58.7. The van der Waals surface area contributed by atoms with Gasteiger partial charge < -0.3 is 23.7 Å². The number of hydrogen-bond donors (Lipinski definition) is 0. The van der Waals surface area contributed by atoms with Crippen LogP contribution in [-0.4, -0.2) is 12.9 Å². The molecule has 0 aliphatic heterocycles. The van der Waals surface area contributed by atoms with E-state index in [1.54, 1.807) is 31.4 Å². The molecule has 0 radical (unpaired) electrons. The number of ketones is 1. The first-order valence-electron chi connectivity index (χ1n) is 19.6. The van der Waals surface area contributed by atoms with E-state index in [1.165, 1.54) is 27.8 Å². The lowest BCUT2D eigenvalue weighted by atomic mass is 9.60. The van der Waals surface area contributed by atoms with Gasteiger partial charge in [0.25, 0.3) is 0 Å². The summed E-state index contributed by atoms with van der Waals surface area (Å²) in [5.41, 5.74) is 9.80. The van der Waals surface area contributed by atoms with Gasteiger partial charge in [0.2, 0.25) is 0 Å². The Morgan fingerprint density at radius 1 is 0.373 bits per heavy atom. The van der Waals surface area contributed by atoms with Crippen molar-refractivity contribution < 1.29 is 28.5 Å². The van der Waals surface area contributed by atoms with Crippen LogP contribution in [0.4, 0.5) is 0 Å². The lowest BCUT2D eigenvalue weighted by Crippen LogP contribution is -2.28. The summed E-state index contributed by atoms with van der Waals surface area (Å²) < 4.78 is 30.6. The molecule has 0 N–H and O–H groups in total. The number of rotatable bonds is 11. The Bertz CT molecular complexity index is 2760. The average molecular weight is 771 g/mol. The van der Waals surface area contributed by atoms with E-state index in [4.69, 9.17) is 23.7 Å². The van der Waals surface area contributed by atoms with Gasteiger partial charge in [0.05, 0.1) is 7.11 Å². The molecule has 2 bridgehead atoms. The number of methoxy groups -OCH3 is 1. The fourth-order valence-electron chi connectivity index (χ4n) is 8.30. The van der Waals surface area contributed by atoms with Gasteiger partial charge in [0, 0.05) is 34.1 Å². The van der Waals surface area contributed by atoms with Gasteiger partial charge in [-0.3, -0.25) is 4.79 Å². The molecule has 0 atom stereocenters. The Kier molecular flexibility index (Phi) is 9.15. The molecule has 59 heavy (non-hydrogen) atoms. The first kappa shape index (κ1) is 35.8. The van der Waals surface area contributed by atoms with Crippen molar-refractivity contribution in [3.05, 3.63) is 232 Å². The number of hydrogen-bond acceptors (Lipinski definition) is 6. The van der Waals surface area contributed by atoms with Crippen LogP contribution in [0.1, 0.15) is 66.7 Å². The van der Waals surface area contributed by atoms with Gasteiger partial charge in [0.1, 0.15) is 51.7 Å². The second-order valence-corrected chi connectivity index (χ2v) is 14.8. The summed E-state index contributed by atoms with van der Waals surface area (Å²) in [5.74, 6) is 6.42. The van der Waals surface area contributed by atoms with E-state index < -0.39 is 0 Å². The molecule has 0 heterocycles. The topological polar surface area (TPSA) is 63.2 Å². The van der Waals surface area contributed by atoms with Gasteiger partial charge in [-0.1, -0.05) is 66.2 Å². The Hall–Kier alpha value is -7.57. The van der Waals surface area contributed by atoms with E-state index in [0.29, 0.717) is 39.9 Å². The number of carbonyl (C=O) groups excluding carboxylic acids is 1. The minimum absolute atomic E-state index is 0.0222. The Morgan fingerprint density at radius 2 is 0.678 bits per heavy atom. The van der Waals surface area contributed by atoms with E-state index in [9.17, 15) is 4.79 Å². The Morgan fingerprint density at radius 3 is 1.05 bits per heavy atom. The second kappa shape index (κ2) is 15.1. The standard InChI is InChI=1S/C53H38O6/c1-33-11-17-36(18-12-33)56-38-23-27-40(28-24-38)58-41-29-25-39(26-30-41)57-37-19-13-34(14-20-37)53(54)35-15-21-42(22-16-35)59-48-32-31-47(55-2)51-49-43-7-3-5-9-45(43)50(52(48)51)46-10-6-4-8-44(46)49/h3-32,49-50H,1-2H3. The summed E-state index contributed by atoms with van der Waals surface area (Å²) in [4.78, 5) is 13.6. The first-order valence-corrected chi connectivity index (χ1v) is 19.6. The quantitative estimate of drug-likeness (QED) is 0.122. The minimum Gasteiger partial charge on any atom is -0.496 e. The summed E-state index contributed by atoms with van der Waals surface area (Å²) >= 11 is 0. The molecule has 0 amide bonds. The van der Waals surface area contributed by atoms with Crippen LogP contribution in [0.3, 0.4) is 0 Å². The fraction of sp³-hybridized carbons (Fsp3) is 0.0755. The van der Waals surface area contributed by atoms with Gasteiger partial charge in [0.15, 0.2) is 5.78 Å². The van der Waals surface area contributed by atoms with Crippen molar-refractivity contribution in [3.63, 3.8) is 0 Å². The predicted molar refractivity (Wildman–Crippen MR) is 228 cm³/mol.